The van der Waals surface area contributed by atoms with Crippen LogP contribution in [-0.4, -0.2) is 49.2 Å². The van der Waals surface area contributed by atoms with E-state index >= 15 is 0 Å². The fraction of sp³-hybridized carbons (Fsp3) is 0.583. The standard InChI is InChI=1S/C12H20N2O3/c1-9-4-5-10(17-9)6-7-14(3)8-11(13-2)12(15)16/h4-5,11,13H,6-8H2,1-3H3,(H,15,16). The van der Waals surface area contributed by atoms with Crippen LogP contribution in [0.25, 0.3) is 0 Å². The summed E-state index contributed by atoms with van der Waals surface area (Å²) in [6, 6.07) is 3.36. The van der Waals surface area contributed by atoms with Crippen LogP contribution >= 0.6 is 0 Å². The Bertz CT molecular complexity index is 362. The highest BCUT2D eigenvalue weighted by atomic mass is 16.4. The molecule has 1 unspecified atom stereocenters. The maximum absolute atomic E-state index is 10.8. The van der Waals surface area contributed by atoms with E-state index in [-0.39, 0.29) is 0 Å². The first-order valence-electron chi connectivity index (χ1n) is 5.67. The number of carbonyl (C=O) groups is 1. The summed E-state index contributed by atoms with van der Waals surface area (Å²) in [4.78, 5) is 12.8. The SMILES string of the molecule is CNC(CN(C)CCc1ccc(C)o1)C(=O)O. The van der Waals surface area contributed by atoms with E-state index in [1.54, 1.807) is 7.05 Å². The third kappa shape index (κ3) is 4.58. The number of hydrogen-bond donors (Lipinski definition) is 2. The number of aliphatic carboxylic acids is 1. The summed E-state index contributed by atoms with van der Waals surface area (Å²) in [6.45, 7) is 3.17. The van der Waals surface area contributed by atoms with Crippen molar-refractivity contribution in [1.29, 1.82) is 0 Å². The van der Waals surface area contributed by atoms with Crippen LogP contribution in [0.5, 0.6) is 0 Å². The van der Waals surface area contributed by atoms with Gasteiger partial charge in [0.2, 0.25) is 0 Å². The van der Waals surface area contributed by atoms with Gasteiger partial charge in [-0.05, 0) is 33.2 Å². The molecule has 0 saturated carbocycles. The number of carboxylic acids is 1. The second-order valence-electron chi connectivity index (χ2n) is 4.20. The van der Waals surface area contributed by atoms with Crippen LogP contribution in [0.15, 0.2) is 16.5 Å². The summed E-state index contributed by atoms with van der Waals surface area (Å²) in [5.41, 5.74) is 0. The second kappa shape index (κ2) is 6.42. The number of likely N-dealkylation sites (N-methyl/N-ethyl adjacent to an activating group) is 2. The van der Waals surface area contributed by atoms with Gasteiger partial charge in [0.1, 0.15) is 17.6 Å². The monoisotopic (exact) mass is 240 g/mol. The van der Waals surface area contributed by atoms with Crippen LogP contribution in [0.4, 0.5) is 0 Å². The maximum Gasteiger partial charge on any atom is 0.322 e. The van der Waals surface area contributed by atoms with Crippen LogP contribution in [0.2, 0.25) is 0 Å². The quantitative estimate of drug-likeness (QED) is 0.735. The molecule has 1 heterocycles. The molecule has 0 bridgehead atoms. The molecule has 96 valence electrons. The zero-order chi connectivity index (χ0) is 12.8. The summed E-state index contributed by atoms with van der Waals surface area (Å²) < 4.78 is 5.45. The van der Waals surface area contributed by atoms with Crippen molar-refractivity contribution >= 4 is 5.97 Å². The van der Waals surface area contributed by atoms with E-state index in [4.69, 9.17) is 9.52 Å². The zero-order valence-corrected chi connectivity index (χ0v) is 10.6. The van der Waals surface area contributed by atoms with E-state index in [0.717, 1.165) is 24.5 Å². The van der Waals surface area contributed by atoms with Gasteiger partial charge in [-0.15, -0.1) is 0 Å². The third-order valence-corrected chi connectivity index (χ3v) is 2.68. The van der Waals surface area contributed by atoms with E-state index in [1.807, 2.05) is 31.0 Å². The first-order valence-corrected chi connectivity index (χ1v) is 5.67. The molecule has 1 rings (SSSR count). The maximum atomic E-state index is 10.8. The molecule has 0 spiro atoms. The van der Waals surface area contributed by atoms with Crippen LogP contribution in [-0.2, 0) is 11.2 Å². The van der Waals surface area contributed by atoms with Crippen molar-refractivity contribution in [2.75, 3.05) is 27.2 Å². The van der Waals surface area contributed by atoms with E-state index < -0.39 is 12.0 Å². The number of aryl methyl sites for hydroxylation is 1. The van der Waals surface area contributed by atoms with Crippen molar-refractivity contribution in [3.63, 3.8) is 0 Å². The van der Waals surface area contributed by atoms with Gasteiger partial charge >= 0.3 is 5.97 Å². The van der Waals surface area contributed by atoms with Gasteiger partial charge in [-0.3, -0.25) is 4.79 Å². The highest BCUT2D eigenvalue weighted by Crippen LogP contribution is 2.07. The van der Waals surface area contributed by atoms with Crippen molar-refractivity contribution in [2.24, 2.45) is 0 Å². The third-order valence-electron chi connectivity index (χ3n) is 2.68. The first kappa shape index (κ1) is 13.7. The Morgan fingerprint density at radius 3 is 2.76 bits per heavy atom. The molecule has 1 aromatic rings. The van der Waals surface area contributed by atoms with Gasteiger partial charge in [-0.1, -0.05) is 0 Å². The van der Waals surface area contributed by atoms with Crippen molar-refractivity contribution in [2.45, 2.75) is 19.4 Å². The smallest absolute Gasteiger partial charge is 0.322 e. The molecule has 0 aromatic carbocycles. The Kier molecular flexibility index (Phi) is 5.18. The molecule has 5 nitrogen and oxygen atoms in total. The summed E-state index contributed by atoms with van der Waals surface area (Å²) in [5.74, 6) is 1.01. The van der Waals surface area contributed by atoms with Crippen molar-refractivity contribution < 1.29 is 14.3 Å². The highest BCUT2D eigenvalue weighted by Gasteiger charge is 2.16. The molecule has 0 amide bonds. The lowest BCUT2D eigenvalue weighted by Crippen LogP contribution is -2.43. The zero-order valence-electron chi connectivity index (χ0n) is 10.6. The number of nitrogens with one attached hydrogen (secondary N) is 1. The molecule has 1 aromatic heterocycles. The molecule has 0 aliphatic carbocycles. The van der Waals surface area contributed by atoms with Crippen molar-refractivity contribution in [3.8, 4) is 0 Å². The Morgan fingerprint density at radius 2 is 2.29 bits per heavy atom. The van der Waals surface area contributed by atoms with Gasteiger partial charge in [0.15, 0.2) is 0 Å². The van der Waals surface area contributed by atoms with Crippen molar-refractivity contribution in [1.82, 2.24) is 10.2 Å². The van der Waals surface area contributed by atoms with Crippen molar-refractivity contribution in [3.05, 3.63) is 23.7 Å². The molecule has 0 radical (unpaired) electrons. The number of rotatable bonds is 7. The predicted molar refractivity (Wildman–Crippen MR) is 65.1 cm³/mol. The van der Waals surface area contributed by atoms with E-state index in [1.165, 1.54) is 0 Å². The molecule has 0 fully saturated rings. The fourth-order valence-electron chi connectivity index (χ4n) is 1.62. The molecule has 0 aliphatic rings. The summed E-state index contributed by atoms with van der Waals surface area (Å²) >= 11 is 0. The highest BCUT2D eigenvalue weighted by molar-refractivity contribution is 5.73. The second-order valence-corrected chi connectivity index (χ2v) is 4.20. The van der Waals surface area contributed by atoms with Gasteiger partial charge in [-0.25, -0.2) is 0 Å². The summed E-state index contributed by atoms with van der Waals surface area (Å²) in [5, 5.41) is 11.7. The molecular weight excluding hydrogens is 220 g/mol. The Morgan fingerprint density at radius 1 is 1.59 bits per heavy atom. The van der Waals surface area contributed by atoms with Crippen LogP contribution < -0.4 is 5.32 Å². The summed E-state index contributed by atoms with van der Waals surface area (Å²) in [7, 11) is 3.56. The lowest BCUT2D eigenvalue weighted by molar-refractivity contribution is -0.139. The van der Waals surface area contributed by atoms with Crippen LogP contribution in [0.3, 0.4) is 0 Å². The minimum absolute atomic E-state index is 0.478. The largest absolute Gasteiger partial charge is 0.480 e. The lowest BCUT2D eigenvalue weighted by Gasteiger charge is -2.20. The Hall–Kier alpha value is -1.33. The molecular formula is C12H20N2O3. The number of carboxylic acid groups (broad SMARTS) is 1. The lowest BCUT2D eigenvalue weighted by atomic mass is 10.2. The van der Waals surface area contributed by atoms with E-state index in [2.05, 4.69) is 5.32 Å². The average Bonchev–Trinajstić information content (AvgIpc) is 2.68. The number of nitrogens with zero attached hydrogens (tertiary/aromatic N) is 1. The van der Waals surface area contributed by atoms with Gasteiger partial charge in [0.25, 0.3) is 0 Å². The molecule has 0 saturated heterocycles. The predicted octanol–water partition coefficient (Wildman–Crippen LogP) is 0.735. The number of furan rings is 1. The minimum Gasteiger partial charge on any atom is -0.480 e. The molecule has 2 N–H and O–H groups in total. The molecule has 0 aliphatic heterocycles. The van der Waals surface area contributed by atoms with Gasteiger partial charge in [0, 0.05) is 19.5 Å². The Labute approximate surface area is 101 Å². The fourth-order valence-corrected chi connectivity index (χ4v) is 1.62. The Balaban J connectivity index is 2.34. The molecule has 17 heavy (non-hydrogen) atoms. The van der Waals surface area contributed by atoms with Gasteiger partial charge in [0.05, 0.1) is 0 Å². The average molecular weight is 240 g/mol. The van der Waals surface area contributed by atoms with E-state index in [0.29, 0.717) is 6.54 Å². The van der Waals surface area contributed by atoms with E-state index in [9.17, 15) is 4.79 Å². The molecule has 5 heteroatoms. The van der Waals surface area contributed by atoms with Crippen LogP contribution in [0.1, 0.15) is 11.5 Å². The topological polar surface area (TPSA) is 65.7 Å². The van der Waals surface area contributed by atoms with Gasteiger partial charge in [-0.2, -0.15) is 0 Å². The molecule has 1 atom stereocenters. The summed E-state index contributed by atoms with van der Waals surface area (Å²) in [6.07, 6.45) is 0.792. The minimum atomic E-state index is -0.826. The van der Waals surface area contributed by atoms with Gasteiger partial charge < -0.3 is 19.7 Å². The first-order chi connectivity index (χ1) is 8.02. The number of hydrogen-bond acceptors (Lipinski definition) is 4. The van der Waals surface area contributed by atoms with Crippen LogP contribution in [0, 0.1) is 6.92 Å². The normalized spacial score (nSPS) is 12.9.